The fourth-order valence-electron chi connectivity index (χ4n) is 3.07. The molecular weight excluding hydrogens is 366 g/mol. The van der Waals surface area contributed by atoms with Gasteiger partial charge >= 0.3 is 0 Å². The summed E-state index contributed by atoms with van der Waals surface area (Å²) >= 11 is 0. The number of nitrogens with zero attached hydrogens (tertiary/aromatic N) is 2. The van der Waals surface area contributed by atoms with Crippen LogP contribution in [0.1, 0.15) is 23.0 Å². The van der Waals surface area contributed by atoms with Gasteiger partial charge in [-0.2, -0.15) is 0 Å². The maximum atomic E-state index is 12.6. The number of aryl methyl sites for hydroxylation is 1. The molecule has 1 amide bonds. The van der Waals surface area contributed by atoms with Crippen molar-refractivity contribution in [1.29, 1.82) is 0 Å². The second kappa shape index (κ2) is 9.59. The van der Waals surface area contributed by atoms with Gasteiger partial charge in [0.15, 0.2) is 18.1 Å². The molecule has 0 aliphatic heterocycles. The van der Waals surface area contributed by atoms with E-state index in [9.17, 15) is 4.79 Å². The number of carbonyl (C=O) groups excluding carboxylic acids is 1. The van der Waals surface area contributed by atoms with Crippen molar-refractivity contribution in [2.75, 3.05) is 13.7 Å². The van der Waals surface area contributed by atoms with E-state index in [1.165, 1.54) is 0 Å². The zero-order chi connectivity index (χ0) is 20.6. The van der Waals surface area contributed by atoms with Gasteiger partial charge in [0, 0.05) is 19.4 Å². The predicted molar refractivity (Wildman–Crippen MR) is 112 cm³/mol. The molecule has 1 N–H and O–H groups in total. The van der Waals surface area contributed by atoms with Crippen LogP contribution in [0.15, 0.2) is 73.6 Å². The van der Waals surface area contributed by atoms with Crippen LogP contribution < -0.4 is 14.8 Å². The number of rotatable bonds is 9. The van der Waals surface area contributed by atoms with Crippen molar-refractivity contribution in [2.24, 2.45) is 7.05 Å². The van der Waals surface area contributed by atoms with Crippen molar-refractivity contribution >= 4 is 5.91 Å². The monoisotopic (exact) mass is 391 g/mol. The van der Waals surface area contributed by atoms with E-state index in [1.54, 1.807) is 19.4 Å². The van der Waals surface area contributed by atoms with Gasteiger partial charge < -0.3 is 19.4 Å². The molecule has 3 rings (SSSR count). The highest BCUT2D eigenvalue weighted by molar-refractivity contribution is 5.78. The highest BCUT2D eigenvalue weighted by Gasteiger charge is 2.21. The maximum absolute atomic E-state index is 12.6. The number of benzene rings is 2. The van der Waals surface area contributed by atoms with Crippen molar-refractivity contribution < 1.29 is 14.3 Å². The number of nitrogens with one attached hydrogen (secondary N) is 1. The fraction of sp³-hybridized carbons (Fsp3) is 0.217. The second-order valence-corrected chi connectivity index (χ2v) is 6.57. The van der Waals surface area contributed by atoms with Gasteiger partial charge in [0.05, 0.1) is 7.11 Å². The van der Waals surface area contributed by atoms with Crippen LogP contribution in [-0.2, 0) is 18.3 Å². The zero-order valence-electron chi connectivity index (χ0n) is 16.7. The van der Waals surface area contributed by atoms with E-state index in [0.29, 0.717) is 11.5 Å². The Morgan fingerprint density at radius 1 is 1.24 bits per heavy atom. The van der Waals surface area contributed by atoms with E-state index in [2.05, 4.69) is 16.9 Å². The fourth-order valence-corrected chi connectivity index (χ4v) is 3.07. The first kappa shape index (κ1) is 20.2. The molecule has 0 bridgehead atoms. The molecule has 1 heterocycles. The van der Waals surface area contributed by atoms with E-state index in [-0.39, 0.29) is 18.6 Å². The lowest BCUT2D eigenvalue weighted by Crippen LogP contribution is -2.34. The Morgan fingerprint density at radius 3 is 2.69 bits per heavy atom. The van der Waals surface area contributed by atoms with E-state index in [1.807, 2.05) is 66.4 Å². The average molecular weight is 391 g/mol. The predicted octanol–water partition coefficient (Wildman–Crippen LogP) is 3.44. The minimum atomic E-state index is -0.371. The van der Waals surface area contributed by atoms with Crippen molar-refractivity contribution in [2.45, 2.75) is 12.5 Å². The Hall–Kier alpha value is -3.54. The topological polar surface area (TPSA) is 65.4 Å². The summed E-state index contributed by atoms with van der Waals surface area (Å²) < 4.78 is 13.0. The Morgan fingerprint density at radius 2 is 2.03 bits per heavy atom. The molecule has 0 saturated carbocycles. The van der Waals surface area contributed by atoms with Gasteiger partial charge in [-0.15, -0.1) is 6.58 Å². The molecule has 150 valence electrons. The lowest BCUT2D eigenvalue weighted by Gasteiger charge is -2.19. The van der Waals surface area contributed by atoms with Gasteiger partial charge in [-0.3, -0.25) is 4.79 Å². The number of hydrogen-bond donors (Lipinski definition) is 1. The lowest BCUT2D eigenvalue weighted by molar-refractivity contribution is -0.123. The molecule has 6 nitrogen and oxygen atoms in total. The van der Waals surface area contributed by atoms with Gasteiger partial charge in [0.1, 0.15) is 11.9 Å². The van der Waals surface area contributed by atoms with Crippen LogP contribution in [0.4, 0.5) is 0 Å². The summed E-state index contributed by atoms with van der Waals surface area (Å²) in [6.45, 7) is 3.61. The van der Waals surface area contributed by atoms with Crippen LogP contribution >= 0.6 is 0 Å². The summed E-state index contributed by atoms with van der Waals surface area (Å²) in [5, 5.41) is 3.01. The van der Waals surface area contributed by atoms with Crippen LogP contribution in [0.3, 0.4) is 0 Å². The van der Waals surface area contributed by atoms with E-state index in [4.69, 9.17) is 9.47 Å². The number of amides is 1. The minimum Gasteiger partial charge on any atom is -0.493 e. The number of methoxy groups -OCH3 is 1. The number of imidazole rings is 1. The molecule has 1 unspecified atom stereocenters. The van der Waals surface area contributed by atoms with Crippen molar-refractivity contribution in [3.05, 3.63) is 90.5 Å². The number of hydrogen-bond acceptors (Lipinski definition) is 4. The Bertz CT molecular complexity index is 967. The quantitative estimate of drug-likeness (QED) is 0.568. The van der Waals surface area contributed by atoms with E-state index in [0.717, 1.165) is 23.4 Å². The summed E-state index contributed by atoms with van der Waals surface area (Å²) in [5.74, 6) is 1.60. The molecule has 3 aromatic rings. The molecule has 0 radical (unpaired) electrons. The summed E-state index contributed by atoms with van der Waals surface area (Å²) in [7, 11) is 3.48. The van der Waals surface area contributed by atoms with Gasteiger partial charge in [0.2, 0.25) is 0 Å². The molecule has 29 heavy (non-hydrogen) atoms. The number of ether oxygens (including phenoxy) is 2. The standard InChI is InChI=1S/C23H25N3O3/c1-4-8-17-11-12-19(20(15-17)28-3)29-16-21(27)25-22(18-9-6-5-7-10-18)23-24-13-14-26(23)2/h4-7,9-15,22H,1,8,16H2,2-3H3,(H,25,27). The molecular formula is C23H25N3O3. The van der Waals surface area contributed by atoms with Gasteiger partial charge in [-0.1, -0.05) is 42.5 Å². The van der Waals surface area contributed by atoms with Crippen molar-refractivity contribution in [3.8, 4) is 11.5 Å². The Balaban J connectivity index is 1.71. The molecule has 1 atom stereocenters. The van der Waals surface area contributed by atoms with Crippen LogP contribution in [0.25, 0.3) is 0 Å². The van der Waals surface area contributed by atoms with Gasteiger partial charge in [-0.25, -0.2) is 4.98 Å². The SMILES string of the molecule is C=CCc1ccc(OCC(=O)NC(c2ccccc2)c2nccn2C)c(OC)c1. The first-order valence-corrected chi connectivity index (χ1v) is 9.34. The molecule has 0 fully saturated rings. The summed E-state index contributed by atoms with van der Waals surface area (Å²) in [5.41, 5.74) is 2.01. The second-order valence-electron chi connectivity index (χ2n) is 6.57. The third-order valence-corrected chi connectivity index (χ3v) is 4.52. The molecule has 0 spiro atoms. The van der Waals surface area contributed by atoms with Gasteiger partial charge in [0.25, 0.3) is 5.91 Å². The third kappa shape index (κ3) is 5.04. The smallest absolute Gasteiger partial charge is 0.258 e. The molecule has 6 heteroatoms. The average Bonchev–Trinajstić information content (AvgIpc) is 3.17. The van der Waals surface area contributed by atoms with E-state index < -0.39 is 0 Å². The van der Waals surface area contributed by atoms with Crippen LogP contribution in [0.5, 0.6) is 11.5 Å². The van der Waals surface area contributed by atoms with E-state index >= 15 is 0 Å². The minimum absolute atomic E-state index is 0.134. The molecule has 0 saturated heterocycles. The number of aromatic nitrogens is 2. The molecule has 0 aliphatic carbocycles. The van der Waals surface area contributed by atoms with Crippen LogP contribution in [0, 0.1) is 0 Å². The highest BCUT2D eigenvalue weighted by atomic mass is 16.5. The summed E-state index contributed by atoms with van der Waals surface area (Å²) in [6.07, 6.45) is 6.12. The normalized spacial score (nSPS) is 11.5. The largest absolute Gasteiger partial charge is 0.493 e. The summed E-state index contributed by atoms with van der Waals surface area (Å²) in [4.78, 5) is 17.0. The first-order valence-electron chi connectivity index (χ1n) is 9.34. The molecule has 0 aliphatic rings. The van der Waals surface area contributed by atoms with Gasteiger partial charge in [-0.05, 0) is 29.7 Å². The number of carbonyl (C=O) groups is 1. The van der Waals surface area contributed by atoms with Crippen molar-refractivity contribution in [1.82, 2.24) is 14.9 Å². The third-order valence-electron chi connectivity index (χ3n) is 4.52. The first-order chi connectivity index (χ1) is 14.1. The number of allylic oxidation sites excluding steroid dienone is 1. The Kier molecular flexibility index (Phi) is 6.68. The molecule has 1 aromatic heterocycles. The zero-order valence-corrected chi connectivity index (χ0v) is 16.7. The summed E-state index contributed by atoms with van der Waals surface area (Å²) in [6, 6.07) is 15.0. The highest BCUT2D eigenvalue weighted by Crippen LogP contribution is 2.28. The van der Waals surface area contributed by atoms with Crippen LogP contribution in [-0.4, -0.2) is 29.2 Å². The molecule has 2 aromatic carbocycles. The van der Waals surface area contributed by atoms with Crippen LogP contribution in [0.2, 0.25) is 0 Å². The van der Waals surface area contributed by atoms with Crippen molar-refractivity contribution in [3.63, 3.8) is 0 Å². The Labute approximate surface area is 170 Å². The lowest BCUT2D eigenvalue weighted by atomic mass is 10.1. The maximum Gasteiger partial charge on any atom is 0.258 e.